The highest BCUT2D eigenvalue weighted by Gasteiger charge is 2.46. The van der Waals surface area contributed by atoms with E-state index in [0.29, 0.717) is 12.0 Å². The molecule has 2 saturated heterocycles. The van der Waals surface area contributed by atoms with Gasteiger partial charge in [0.05, 0.1) is 13.0 Å². The number of hydrogen-bond acceptors (Lipinski definition) is 4. The first-order valence-corrected chi connectivity index (χ1v) is 9.54. The Hall–Kier alpha value is -1.00. The summed E-state index contributed by atoms with van der Waals surface area (Å²) in [6.07, 6.45) is 7.40. The number of rotatable bonds is 2. The molecule has 22 heavy (non-hydrogen) atoms. The van der Waals surface area contributed by atoms with Gasteiger partial charge in [-0.15, -0.1) is 0 Å². The van der Waals surface area contributed by atoms with Crippen LogP contribution in [0.4, 0.5) is 0 Å². The van der Waals surface area contributed by atoms with E-state index >= 15 is 0 Å². The Morgan fingerprint density at radius 2 is 1.86 bits per heavy atom. The van der Waals surface area contributed by atoms with Crippen LogP contribution >= 0.6 is 11.8 Å². The maximum absolute atomic E-state index is 12.1. The molecule has 2 aliphatic heterocycles. The van der Waals surface area contributed by atoms with Crippen molar-refractivity contribution in [1.29, 1.82) is 0 Å². The van der Waals surface area contributed by atoms with Crippen molar-refractivity contribution in [2.24, 2.45) is 5.92 Å². The van der Waals surface area contributed by atoms with Crippen LogP contribution in [0.1, 0.15) is 36.3 Å². The molecule has 2 heterocycles. The van der Waals surface area contributed by atoms with Crippen LogP contribution < -0.4 is 5.32 Å². The molecule has 3 nitrogen and oxygen atoms in total. The zero-order valence-electron chi connectivity index (χ0n) is 14.0. The summed E-state index contributed by atoms with van der Waals surface area (Å²) in [7, 11) is 1.50. The minimum Gasteiger partial charge on any atom is -0.469 e. The van der Waals surface area contributed by atoms with Crippen LogP contribution in [-0.4, -0.2) is 37.7 Å². The second-order valence-electron chi connectivity index (χ2n) is 6.26. The summed E-state index contributed by atoms with van der Waals surface area (Å²) in [4.78, 5) is 12.1. The SMILES string of the molecule is COC(=O)[C@H]1[C@@H](c2ccc(C)cc2)C[C@@H]2CC[C@H]1N2.CSC. The average molecular weight is 321 g/mol. The number of aryl methyl sites for hydroxylation is 1. The minimum atomic E-state index is -0.0663. The summed E-state index contributed by atoms with van der Waals surface area (Å²) in [6.45, 7) is 2.09. The zero-order valence-corrected chi connectivity index (χ0v) is 14.8. The predicted molar refractivity (Wildman–Crippen MR) is 93.4 cm³/mol. The number of methoxy groups -OCH3 is 1. The van der Waals surface area contributed by atoms with E-state index in [2.05, 4.69) is 36.5 Å². The second kappa shape index (κ2) is 8.02. The third kappa shape index (κ3) is 3.85. The van der Waals surface area contributed by atoms with E-state index in [1.54, 1.807) is 11.8 Å². The van der Waals surface area contributed by atoms with Crippen LogP contribution in [0.5, 0.6) is 0 Å². The van der Waals surface area contributed by atoms with Gasteiger partial charge in [-0.1, -0.05) is 29.8 Å². The standard InChI is InChI=1S/C16H21NO2.C2H6S/c1-10-3-5-11(6-4-10)13-9-12-7-8-14(17-12)15(13)16(18)19-2;1-3-2/h3-6,12-15,17H,7-9H2,1-2H3;1-2H3/t12-,13+,14+,15-;/m0./s1. The lowest BCUT2D eigenvalue weighted by Crippen LogP contribution is -2.48. The molecule has 0 aromatic heterocycles. The van der Waals surface area contributed by atoms with Gasteiger partial charge in [0.2, 0.25) is 0 Å². The summed E-state index contributed by atoms with van der Waals surface area (Å²) >= 11 is 1.75. The molecule has 0 amide bonds. The second-order valence-corrected chi connectivity index (χ2v) is 7.07. The van der Waals surface area contributed by atoms with Crippen LogP contribution in [0.3, 0.4) is 0 Å². The first-order chi connectivity index (χ1) is 10.6. The molecule has 122 valence electrons. The molecule has 1 aromatic carbocycles. The number of fused-ring (bicyclic) bond motifs is 2. The first-order valence-electron chi connectivity index (χ1n) is 7.91. The van der Waals surface area contributed by atoms with Gasteiger partial charge in [-0.3, -0.25) is 4.79 Å². The van der Waals surface area contributed by atoms with Crippen LogP contribution in [0.25, 0.3) is 0 Å². The highest BCUT2D eigenvalue weighted by molar-refractivity contribution is 7.97. The van der Waals surface area contributed by atoms with Crippen molar-refractivity contribution in [3.8, 4) is 0 Å². The number of benzene rings is 1. The maximum atomic E-state index is 12.1. The van der Waals surface area contributed by atoms with E-state index in [0.717, 1.165) is 12.8 Å². The van der Waals surface area contributed by atoms with Crippen molar-refractivity contribution in [2.75, 3.05) is 19.6 Å². The molecule has 1 N–H and O–H groups in total. The highest BCUT2D eigenvalue weighted by atomic mass is 32.2. The minimum absolute atomic E-state index is 0.0357. The number of nitrogens with one attached hydrogen (secondary N) is 1. The number of ether oxygens (including phenoxy) is 1. The quantitative estimate of drug-likeness (QED) is 0.848. The molecule has 4 heteroatoms. The largest absolute Gasteiger partial charge is 0.469 e. The van der Waals surface area contributed by atoms with Crippen LogP contribution in [0, 0.1) is 12.8 Å². The Bertz CT molecular complexity index is 488. The van der Waals surface area contributed by atoms with E-state index in [1.807, 2.05) is 12.5 Å². The van der Waals surface area contributed by atoms with Crippen molar-refractivity contribution in [1.82, 2.24) is 5.32 Å². The van der Waals surface area contributed by atoms with Crippen molar-refractivity contribution >= 4 is 17.7 Å². The smallest absolute Gasteiger partial charge is 0.310 e. The summed E-state index contributed by atoms with van der Waals surface area (Å²) in [5, 5.41) is 3.57. The lowest BCUT2D eigenvalue weighted by atomic mass is 9.77. The Morgan fingerprint density at radius 1 is 1.23 bits per heavy atom. The fourth-order valence-electron chi connectivity index (χ4n) is 3.67. The molecule has 0 aliphatic carbocycles. The average Bonchev–Trinajstić information content (AvgIpc) is 2.89. The van der Waals surface area contributed by atoms with Gasteiger partial charge in [-0.2, -0.15) is 11.8 Å². The fourth-order valence-corrected chi connectivity index (χ4v) is 3.67. The molecule has 0 spiro atoms. The fraction of sp³-hybridized carbons (Fsp3) is 0.611. The lowest BCUT2D eigenvalue weighted by molar-refractivity contribution is -0.148. The van der Waals surface area contributed by atoms with E-state index < -0.39 is 0 Å². The predicted octanol–water partition coefficient (Wildman–Crippen LogP) is 3.37. The Morgan fingerprint density at radius 3 is 2.45 bits per heavy atom. The molecule has 0 unspecified atom stereocenters. The number of esters is 1. The number of carbonyl (C=O) groups is 1. The van der Waals surface area contributed by atoms with Gasteiger partial charge < -0.3 is 10.1 Å². The van der Waals surface area contributed by atoms with Crippen LogP contribution in [0.2, 0.25) is 0 Å². The van der Waals surface area contributed by atoms with Crippen LogP contribution in [0.15, 0.2) is 24.3 Å². The van der Waals surface area contributed by atoms with Crippen molar-refractivity contribution in [3.63, 3.8) is 0 Å². The Kier molecular flexibility index (Phi) is 6.33. The van der Waals surface area contributed by atoms with Gasteiger partial charge in [0.15, 0.2) is 0 Å². The summed E-state index contributed by atoms with van der Waals surface area (Å²) < 4.78 is 5.04. The zero-order chi connectivity index (χ0) is 16.1. The first kappa shape index (κ1) is 17.4. The van der Waals surface area contributed by atoms with Gasteiger partial charge in [0.1, 0.15) is 0 Å². The van der Waals surface area contributed by atoms with Crippen molar-refractivity contribution in [3.05, 3.63) is 35.4 Å². The molecule has 1 aromatic rings. The molecule has 2 fully saturated rings. The summed E-state index contributed by atoms with van der Waals surface area (Å²) in [6, 6.07) is 9.46. The van der Waals surface area contributed by atoms with E-state index in [1.165, 1.54) is 24.7 Å². The molecule has 0 saturated carbocycles. The number of hydrogen-bond donors (Lipinski definition) is 1. The monoisotopic (exact) mass is 321 g/mol. The highest BCUT2D eigenvalue weighted by Crippen LogP contribution is 2.42. The van der Waals surface area contributed by atoms with Crippen molar-refractivity contribution < 1.29 is 9.53 Å². The van der Waals surface area contributed by atoms with Gasteiger partial charge in [-0.25, -0.2) is 0 Å². The number of carbonyl (C=O) groups excluding carboxylic acids is 1. The van der Waals surface area contributed by atoms with Gasteiger partial charge >= 0.3 is 5.97 Å². The third-order valence-corrected chi connectivity index (χ3v) is 4.66. The Labute approximate surface area is 138 Å². The molecule has 3 rings (SSSR count). The van der Waals surface area contributed by atoms with Gasteiger partial charge in [-0.05, 0) is 44.3 Å². The van der Waals surface area contributed by atoms with Gasteiger partial charge in [0.25, 0.3) is 0 Å². The van der Waals surface area contributed by atoms with Crippen molar-refractivity contribution in [2.45, 2.75) is 44.2 Å². The molecule has 2 bridgehead atoms. The molecular weight excluding hydrogens is 294 g/mol. The maximum Gasteiger partial charge on any atom is 0.310 e. The molecule has 2 aliphatic rings. The molecular formula is C18H27NO2S. The third-order valence-electron chi connectivity index (χ3n) is 4.66. The molecule has 4 atom stereocenters. The molecule has 0 radical (unpaired) electrons. The summed E-state index contributed by atoms with van der Waals surface area (Å²) in [5.74, 6) is 0.196. The summed E-state index contributed by atoms with van der Waals surface area (Å²) in [5.41, 5.74) is 2.54. The van der Waals surface area contributed by atoms with Crippen LogP contribution in [-0.2, 0) is 9.53 Å². The lowest BCUT2D eigenvalue weighted by Gasteiger charge is -2.36. The number of thioether (sulfide) groups is 1. The Balaban J connectivity index is 0.000000545. The normalized spacial score (nSPS) is 29.5. The topological polar surface area (TPSA) is 38.3 Å². The van der Waals surface area contributed by atoms with E-state index in [9.17, 15) is 4.79 Å². The number of piperidine rings is 1. The van der Waals surface area contributed by atoms with E-state index in [-0.39, 0.29) is 17.9 Å². The van der Waals surface area contributed by atoms with E-state index in [4.69, 9.17) is 4.74 Å². The van der Waals surface area contributed by atoms with Gasteiger partial charge in [0, 0.05) is 18.0 Å².